The molecule has 3 aromatic heterocycles. The molecule has 5 nitrogen and oxygen atoms in total. The first kappa shape index (κ1) is 17.0. The highest BCUT2D eigenvalue weighted by Crippen LogP contribution is 2.32. The zero-order chi connectivity index (χ0) is 19.2. The molecule has 0 unspecified atom stereocenters. The first-order valence-electron chi connectivity index (χ1n) is 8.01. The van der Waals surface area contributed by atoms with Crippen LogP contribution in [0.4, 0.5) is 13.2 Å². The molecule has 0 N–H and O–H groups in total. The number of aldehydes is 1. The van der Waals surface area contributed by atoms with Gasteiger partial charge in [-0.25, -0.2) is 4.98 Å². The molecule has 3 heterocycles. The van der Waals surface area contributed by atoms with Crippen molar-refractivity contribution in [3.05, 3.63) is 66.1 Å². The molecule has 8 heteroatoms. The Balaban J connectivity index is 1.67. The Morgan fingerprint density at radius 2 is 1.63 bits per heavy atom. The van der Waals surface area contributed by atoms with Gasteiger partial charge in [0.05, 0.1) is 11.4 Å². The third kappa shape index (κ3) is 3.10. The molecule has 0 saturated heterocycles. The summed E-state index contributed by atoms with van der Waals surface area (Å²) in [5.41, 5.74) is 2.77. The van der Waals surface area contributed by atoms with Crippen LogP contribution in [0.15, 0.2) is 54.9 Å². The number of hydrogen-bond donors (Lipinski definition) is 0. The summed E-state index contributed by atoms with van der Waals surface area (Å²) < 4.78 is 41.4. The molecule has 0 spiro atoms. The summed E-state index contributed by atoms with van der Waals surface area (Å²) in [5.74, 6) is 0. The molecule has 0 atom stereocenters. The Kier molecular flexibility index (Phi) is 3.83. The van der Waals surface area contributed by atoms with Crippen molar-refractivity contribution >= 4 is 11.9 Å². The summed E-state index contributed by atoms with van der Waals surface area (Å²) in [6.45, 7) is 0. The molecule has 4 rings (SSSR count). The third-order valence-corrected chi connectivity index (χ3v) is 4.26. The number of pyridine rings is 1. The number of fused-ring (bicyclic) bond motifs is 1. The van der Waals surface area contributed by atoms with Crippen molar-refractivity contribution in [1.29, 1.82) is 0 Å². The van der Waals surface area contributed by atoms with E-state index in [1.165, 1.54) is 7.05 Å². The summed E-state index contributed by atoms with van der Waals surface area (Å²) in [6, 6.07) is 11.4. The highest BCUT2D eigenvalue weighted by atomic mass is 19.4. The van der Waals surface area contributed by atoms with Gasteiger partial charge in [-0.3, -0.25) is 9.48 Å². The smallest absolute Gasteiger partial charge is 0.306 e. The number of alkyl halides is 3. The summed E-state index contributed by atoms with van der Waals surface area (Å²) in [5, 5.41) is 3.95. The number of carbonyl (C=O) groups excluding carboxylic acids is 1. The van der Waals surface area contributed by atoms with Crippen LogP contribution in [0.1, 0.15) is 16.1 Å². The Morgan fingerprint density at radius 1 is 0.963 bits per heavy atom. The topological polar surface area (TPSA) is 52.2 Å². The Labute approximate surface area is 151 Å². The molecule has 0 aliphatic rings. The third-order valence-electron chi connectivity index (χ3n) is 4.26. The lowest BCUT2D eigenvalue weighted by Crippen LogP contribution is -2.11. The number of benzene rings is 1. The van der Waals surface area contributed by atoms with Crippen LogP contribution in [-0.4, -0.2) is 25.5 Å². The molecule has 27 heavy (non-hydrogen) atoms. The summed E-state index contributed by atoms with van der Waals surface area (Å²) in [4.78, 5) is 15.4. The fourth-order valence-electron chi connectivity index (χ4n) is 2.90. The van der Waals surface area contributed by atoms with E-state index in [9.17, 15) is 18.0 Å². The van der Waals surface area contributed by atoms with Gasteiger partial charge in [-0.2, -0.15) is 18.3 Å². The van der Waals surface area contributed by atoms with Crippen LogP contribution in [0.2, 0.25) is 0 Å². The van der Waals surface area contributed by atoms with Crippen molar-refractivity contribution in [2.75, 3.05) is 0 Å². The predicted octanol–water partition coefficient (Wildman–Crippen LogP) is 4.23. The lowest BCUT2D eigenvalue weighted by atomic mass is 10.1. The number of aryl methyl sites for hydroxylation is 1. The van der Waals surface area contributed by atoms with E-state index in [2.05, 4.69) is 10.1 Å². The van der Waals surface area contributed by atoms with Gasteiger partial charge in [-0.1, -0.05) is 24.3 Å². The maximum absolute atomic E-state index is 12.9. The van der Waals surface area contributed by atoms with Gasteiger partial charge in [-0.15, -0.1) is 0 Å². The van der Waals surface area contributed by atoms with Gasteiger partial charge >= 0.3 is 6.18 Å². The molecule has 0 aliphatic carbocycles. The number of rotatable bonds is 3. The van der Waals surface area contributed by atoms with Crippen molar-refractivity contribution in [2.24, 2.45) is 7.05 Å². The van der Waals surface area contributed by atoms with Crippen molar-refractivity contribution in [2.45, 2.75) is 6.18 Å². The highest BCUT2D eigenvalue weighted by Gasteiger charge is 2.35. The number of halogens is 3. The van der Waals surface area contributed by atoms with Gasteiger partial charge in [0.15, 0.2) is 6.29 Å². The van der Waals surface area contributed by atoms with E-state index in [-0.39, 0.29) is 5.69 Å². The first-order valence-corrected chi connectivity index (χ1v) is 8.01. The Morgan fingerprint density at radius 3 is 2.22 bits per heavy atom. The van der Waals surface area contributed by atoms with Crippen LogP contribution >= 0.6 is 0 Å². The SMILES string of the molecule is Cn1nc(-c2ccc(-c3cn4cc(C=O)ccc4n3)cc2)cc1C(F)(F)F. The number of imidazole rings is 1. The van der Waals surface area contributed by atoms with Crippen molar-refractivity contribution < 1.29 is 18.0 Å². The van der Waals surface area contributed by atoms with E-state index < -0.39 is 11.9 Å². The molecular weight excluding hydrogens is 357 g/mol. The molecule has 1 aromatic carbocycles. The van der Waals surface area contributed by atoms with E-state index in [0.29, 0.717) is 22.5 Å². The zero-order valence-corrected chi connectivity index (χ0v) is 14.1. The second kappa shape index (κ2) is 6.08. The minimum absolute atomic E-state index is 0.252. The molecule has 0 bridgehead atoms. The minimum atomic E-state index is -4.45. The molecular formula is C19H13F3N4O. The maximum atomic E-state index is 12.9. The second-order valence-electron chi connectivity index (χ2n) is 6.09. The fraction of sp³-hybridized carbons (Fsp3) is 0.105. The number of aromatic nitrogens is 4. The van der Waals surface area contributed by atoms with Crippen LogP contribution in [-0.2, 0) is 13.2 Å². The van der Waals surface area contributed by atoms with Gasteiger partial charge in [0.25, 0.3) is 0 Å². The largest absolute Gasteiger partial charge is 0.433 e. The molecule has 0 radical (unpaired) electrons. The van der Waals surface area contributed by atoms with Crippen LogP contribution in [0.3, 0.4) is 0 Å². The van der Waals surface area contributed by atoms with E-state index >= 15 is 0 Å². The number of nitrogens with zero attached hydrogens (tertiary/aromatic N) is 4. The number of hydrogen-bond acceptors (Lipinski definition) is 3. The quantitative estimate of drug-likeness (QED) is 0.507. The van der Waals surface area contributed by atoms with Gasteiger partial charge in [0.2, 0.25) is 0 Å². The van der Waals surface area contributed by atoms with E-state index in [1.807, 2.05) is 0 Å². The Hall–Kier alpha value is -3.42. The predicted molar refractivity (Wildman–Crippen MR) is 93.2 cm³/mol. The number of carbonyl (C=O) groups is 1. The normalized spacial score (nSPS) is 11.9. The van der Waals surface area contributed by atoms with Gasteiger partial charge in [0, 0.05) is 36.1 Å². The maximum Gasteiger partial charge on any atom is 0.433 e. The monoisotopic (exact) mass is 370 g/mol. The second-order valence-corrected chi connectivity index (χ2v) is 6.09. The zero-order valence-electron chi connectivity index (χ0n) is 14.1. The van der Waals surface area contributed by atoms with Crippen LogP contribution in [0.5, 0.6) is 0 Å². The molecule has 0 aliphatic heterocycles. The van der Waals surface area contributed by atoms with Gasteiger partial charge in [-0.05, 0) is 18.2 Å². The molecule has 4 aromatic rings. The average Bonchev–Trinajstić information content (AvgIpc) is 3.24. The summed E-state index contributed by atoms with van der Waals surface area (Å²) in [7, 11) is 1.27. The highest BCUT2D eigenvalue weighted by molar-refractivity contribution is 5.75. The lowest BCUT2D eigenvalue weighted by Gasteiger charge is -2.04. The molecule has 0 saturated carbocycles. The fourth-order valence-corrected chi connectivity index (χ4v) is 2.90. The average molecular weight is 370 g/mol. The van der Waals surface area contributed by atoms with E-state index in [4.69, 9.17) is 0 Å². The van der Waals surface area contributed by atoms with Crippen LogP contribution < -0.4 is 0 Å². The van der Waals surface area contributed by atoms with Crippen LogP contribution in [0, 0.1) is 0 Å². The lowest BCUT2D eigenvalue weighted by molar-refractivity contribution is -0.143. The van der Waals surface area contributed by atoms with Crippen molar-refractivity contribution in [3.63, 3.8) is 0 Å². The molecule has 0 fully saturated rings. The molecule has 0 amide bonds. The summed E-state index contributed by atoms with van der Waals surface area (Å²) >= 11 is 0. The standard InChI is InChI=1S/C19H13F3N4O/c1-25-17(19(20,21)22)8-15(24-25)13-3-5-14(6-4-13)16-10-26-9-12(11-27)2-7-18(26)23-16/h2-11H,1H3. The summed E-state index contributed by atoms with van der Waals surface area (Å²) in [6.07, 6.45) is -0.216. The van der Waals surface area contributed by atoms with Gasteiger partial charge in [0.1, 0.15) is 11.3 Å². The first-order chi connectivity index (χ1) is 12.8. The molecule has 136 valence electrons. The van der Waals surface area contributed by atoms with Crippen molar-refractivity contribution in [1.82, 2.24) is 19.2 Å². The van der Waals surface area contributed by atoms with Gasteiger partial charge < -0.3 is 4.40 Å². The van der Waals surface area contributed by atoms with E-state index in [1.54, 1.807) is 53.2 Å². The minimum Gasteiger partial charge on any atom is -0.306 e. The van der Waals surface area contributed by atoms with Crippen LogP contribution in [0.25, 0.3) is 28.2 Å². The Bertz CT molecular complexity index is 1140. The van der Waals surface area contributed by atoms with Crippen molar-refractivity contribution in [3.8, 4) is 22.5 Å². The van der Waals surface area contributed by atoms with E-state index in [0.717, 1.165) is 22.6 Å².